The number of carbonyl (C=O) groups is 1. The second-order valence-corrected chi connectivity index (χ2v) is 6.47. The number of hydrogen-bond acceptors (Lipinski definition) is 6. The van der Waals surface area contributed by atoms with Gasteiger partial charge in [-0.05, 0) is 25.0 Å². The van der Waals surface area contributed by atoms with Gasteiger partial charge >= 0.3 is 0 Å². The summed E-state index contributed by atoms with van der Waals surface area (Å²) in [5.41, 5.74) is 0.336. The number of anilines is 1. The minimum absolute atomic E-state index is 0.0243. The predicted molar refractivity (Wildman–Crippen MR) is 93.2 cm³/mol. The molecule has 0 spiro atoms. The number of amides is 1. The summed E-state index contributed by atoms with van der Waals surface area (Å²) in [5.74, 6) is 1.75. The lowest BCUT2D eigenvalue weighted by atomic mass is 9.93. The molecule has 0 radical (unpaired) electrons. The maximum Gasteiger partial charge on any atom is 0.273 e. The quantitative estimate of drug-likeness (QED) is 0.884. The molecule has 1 aliphatic rings. The normalized spacial score (nSPS) is 20.3. The van der Waals surface area contributed by atoms with E-state index in [2.05, 4.69) is 20.5 Å². The Labute approximate surface area is 147 Å². The highest BCUT2D eigenvalue weighted by Gasteiger charge is 2.30. The summed E-state index contributed by atoms with van der Waals surface area (Å²) in [7, 11) is 5.37. The number of ether oxygens (including phenoxy) is 1. The summed E-state index contributed by atoms with van der Waals surface area (Å²) in [6.45, 7) is 1.47. The Hall–Kier alpha value is -2.48. The summed E-state index contributed by atoms with van der Waals surface area (Å²) >= 11 is 0. The van der Waals surface area contributed by atoms with Gasteiger partial charge in [0.25, 0.3) is 5.91 Å². The van der Waals surface area contributed by atoms with Crippen LogP contribution in [0.1, 0.15) is 35.3 Å². The van der Waals surface area contributed by atoms with Crippen LogP contribution in [-0.2, 0) is 11.8 Å². The van der Waals surface area contributed by atoms with Gasteiger partial charge in [0.05, 0.1) is 0 Å². The molecular formula is C17H24N6O2. The van der Waals surface area contributed by atoms with E-state index in [9.17, 15) is 4.79 Å². The molecule has 1 aliphatic heterocycles. The lowest BCUT2D eigenvalue weighted by Gasteiger charge is -2.31. The van der Waals surface area contributed by atoms with E-state index in [0.717, 1.165) is 25.3 Å². The van der Waals surface area contributed by atoms with Gasteiger partial charge in [0.15, 0.2) is 5.69 Å². The molecule has 25 heavy (non-hydrogen) atoms. The van der Waals surface area contributed by atoms with Crippen molar-refractivity contribution in [1.82, 2.24) is 24.6 Å². The molecule has 1 fully saturated rings. The molecule has 8 heteroatoms. The van der Waals surface area contributed by atoms with Gasteiger partial charge in [-0.25, -0.2) is 4.98 Å². The molecule has 2 atom stereocenters. The smallest absolute Gasteiger partial charge is 0.273 e. The third-order valence-corrected chi connectivity index (χ3v) is 4.39. The standard InChI is InChI=1S/C17H24N6O2/c1-22(2)17(24)13-6-7-14(21-20-13)19-11-12-5-4-10-25-15(12)16-18-8-9-23(16)3/h6-9,12,15H,4-5,10-11H2,1-3H3,(H,19,21)/t12-,15+/m0/s1. The highest BCUT2D eigenvalue weighted by atomic mass is 16.5. The van der Waals surface area contributed by atoms with E-state index in [0.29, 0.717) is 24.0 Å². The zero-order valence-corrected chi connectivity index (χ0v) is 14.8. The molecule has 1 saturated heterocycles. The molecule has 0 unspecified atom stereocenters. The Morgan fingerprint density at radius 2 is 2.24 bits per heavy atom. The van der Waals surface area contributed by atoms with E-state index in [-0.39, 0.29) is 12.0 Å². The molecule has 2 aromatic heterocycles. The van der Waals surface area contributed by atoms with Crippen LogP contribution in [0.15, 0.2) is 24.5 Å². The molecule has 2 aromatic rings. The van der Waals surface area contributed by atoms with Crippen LogP contribution in [0.2, 0.25) is 0 Å². The minimum atomic E-state index is -0.158. The monoisotopic (exact) mass is 344 g/mol. The van der Waals surface area contributed by atoms with Crippen LogP contribution < -0.4 is 5.32 Å². The number of hydrogen-bond donors (Lipinski definition) is 1. The Morgan fingerprint density at radius 1 is 1.40 bits per heavy atom. The maximum atomic E-state index is 11.8. The fourth-order valence-electron chi connectivity index (χ4n) is 2.99. The van der Waals surface area contributed by atoms with Crippen molar-refractivity contribution < 1.29 is 9.53 Å². The fourth-order valence-corrected chi connectivity index (χ4v) is 2.99. The van der Waals surface area contributed by atoms with Crippen LogP contribution in [0.5, 0.6) is 0 Å². The molecular weight excluding hydrogens is 320 g/mol. The van der Waals surface area contributed by atoms with Crippen LogP contribution in [0.3, 0.4) is 0 Å². The first-order chi connectivity index (χ1) is 12.1. The first-order valence-electron chi connectivity index (χ1n) is 8.44. The average Bonchev–Trinajstić information content (AvgIpc) is 3.05. The summed E-state index contributed by atoms with van der Waals surface area (Å²) in [5, 5.41) is 11.4. The molecule has 0 aliphatic carbocycles. The summed E-state index contributed by atoms with van der Waals surface area (Å²) in [6.07, 6.45) is 5.81. The molecule has 1 N–H and O–H groups in total. The number of carbonyl (C=O) groups excluding carboxylic acids is 1. The Kier molecular flexibility index (Phi) is 5.28. The Bertz CT molecular complexity index is 712. The number of aromatic nitrogens is 4. The van der Waals surface area contributed by atoms with E-state index < -0.39 is 0 Å². The van der Waals surface area contributed by atoms with E-state index >= 15 is 0 Å². The van der Waals surface area contributed by atoms with E-state index in [1.165, 1.54) is 4.90 Å². The van der Waals surface area contributed by atoms with Crippen molar-refractivity contribution in [3.05, 3.63) is 36.0 Å². The van der Waals surface area contributed by atoms with E-state index in [4.69, 9.17) is 4.74 Å². The maximum absolute atomic E-state index is 11.8. The highest BCUT2D eigenvalue weighted by molar-refractivity contribution is 5.91. The molecule has 1 amide bonds. The average molecular weight is 344 g/mol. The Morgan fingerprint density at radius 3 is 2.88 bits per heavy atom. The molecule has 3 rings (SSSR count). The van der Waals surface area contributed by atoms with Gasteiger partial charge in [-0.2, -0.15) is 0 Å². The number of rotatable bonds is 5. The third-order valence-electron chi connectivity index (χ3n) is 4.39. The molecule has 134 valence electrons. The summed E-state index contributed by atoms with van der Waals surface area (Å²) < 4.78 is 7.98. The first kappa shape index (κ1) is 17.3. The van der Waals surface area contributed by atoms with E-state index in [1.54, 1.807) is 32.4 Å². The van der Waals surface area contributed by atoms with Gasteiger partial charge < -0.3 is 19.5 Å². The zero-order valence-electron chi connectivity index (χ0n) is 14.8. The molecule has 0 saturated carbocycles. The third kappa shape index (κ3) is 3.96. The Balaban J connectivity index is 1.63. The number of imidazole rings is 1. The van der Waals surface area contributed by atoms with Gasteiger partial charge in [-0.15, -0.1) is 10.2 Å². The SMILES string of the molecule is CN(C)C(=O)c1ccc(NC[C@@H]2CCCO[C@H]2c2nccn2C)nn1. The van der Waals surface area contributed by atoms with Crippen LogP contribution in [0.25, 0.3) is 0 Å². The summed E-state index contributed by atoms with van der Waals surface area (Å²) in [6, 6.07) is 3.47. The van der Waals surface area contributed by atoms with Crippen molar-refractivity contribution in [1.29, 1.82) is 0 Å². The van der Waals surface area contributed by atoms with Crippen molar-refractivity contribution in [2.24, 2.45) is 13.0 Å². The van der Waals surface area contributed by atoms with Gasteiger partial charge in [-0.1, -0.05) is 0 Å². The number of nitrogens with one attached hydrogen (secondary N) is 1. The van der Waals surface area contributed by atoms with Gasteiger partial charge in [0.1, 0.15) is 17.7 Å². The topological polar surface area (TPSA) is 85.2 Å². The van der Waals surface area contributed by atoms with Crippen molar-refractivity contribution >= 4 is 11.7 Å². The zero-order chi connectivity index (χ0) is 17.8. The molecule has 0 aromatic carbocycles. The van der Waals surface area contributed by atoms with Gasteiger partial charge in [0, 0.05) is 52.6 Å². The van der Waals surface area contributed by atoms with Gasteiger partial charge in [0.2, 0.25) is 0 Å². The number of nitrogens with zero attached hydrogens (tertiary/aromatic N) is 5. The van der Waals surface area contributed by atoms with Gasteiger partial charge in [-0.3, -0.25) is 4.79 Å². The second-order valence-electron chi connectivity index (χ2n) is 6.47. The summed E-state index contributed by atoms with van der Waals surface area (Å²) in [4.78, 5) is 17.8. The lowest BCUT2D eigenvalue weighted by molar-refractivity contribution is -0.0305. The highest BCUT2D eigenvalue weighted by Crippen LogP contribution is 2.32. The molecule has 8 nitrogen and oxygen atoms in total. The fraction of sp³-hybridized carbons (Fsp3) is 0.529. The van der Waals surface area contributed by atoms with Crippen molar-refractivity contribution in [2.75, 3.05) is 32.6 Å². The van der Waals surface area contributed by atoms with Crippen molar-refractivity contribution in [2.45, 2.75) is 18.9 Å². The van der Waals surface area contributed by atoms with E-state index in [1.807, 2.05) is 17.8 Å². The largest absolute Gasteiger partial charge is 0.370 e. The van der Waals surface area contributed by atoms with Crippen LogP contribution >= 0.6 is 0 Å². The number of aryl methyl sites for hydroxylation is 1. The second kappa shape index (κ2) is 7.60. The van der Waals surface area contributed by atoms with Crippen molar-refractivity contribution in [3.8, 4) is 0 Å². The lowest BCUT2D eigenvalue weighted by Crippen LogP contribution is -2.30. The van der Waals surface area contributed by atoms with Crippen LogP contribution in [0.4, 0.5) is 5.82 Å². The van der Waals surface area contributed by atoms with Crippen LogP contribution in [0, 0.1) is 5.92 Å². The molecule has 0 bridgehead atoms. The van der Waals surface area contributed by atoms with Crippen molar-refractivity contribution in [3.63, 3.8) is 0 Å². The first-order valence-corrected chi connectivity index (χ1v) is 8.44. The molecule has 3 heterocycles. The predicted octanol–water partition coefficient (Wildman–Crippen LogP) is 1.49. The minimum Gasteiger partial charge on any atom is -0.370 e. The van der Waals surface area contributed by atoms with Crippen LogP contribution in [-0.4, -0.2) is 57.8 Å².